The summed E-state index contributed by atoms with van der Waals surface area (Å²) >= 11 is 0. The Morgan fingerprint density at radius 3 is 2.50 bits per heavy atom. The first-order valence-electron chi connectivity index (χ1n) is 6.11. The van der Waals surface area contributed by atoms with Crippen molar-refractivity contribution in [2.45, 2.75) is 6.42 Å². The van der Waals surface area contributed by atoms with Crippen LogP contribution in [0, 0.1) is 17.6 Å². The van der Waals surface area contributed by atoms with Crippen LogP contribution >= 0.6 is 0 Å². The molecule has 1 aliphatic rings. The van der Waals surface area contributed by atoms with E-state index in [1.807, 2.05) is 0 Å². The first kappa shape index (κ1) is 16.3. The first-order valence-corrected chi connectivity index (χ1v) is 7.83. The predicted octanol–water partition coefficient (Wildman–Crippen LogP) is 0.304. The Balaban J connectivity index is 2.38. The molecular formula is C12H12F2N2O5S. The molecule has 0 bridgehead atoms. The highest BCUT2D eigenvalue weighted by Gasteiger charge is 2.35. The van der Waals surface area contributed by atoms with Crippen LogP contribution in [-0.2, 0) is 14.8 Å². The van der Waals surface area contributed by atoms with E-state index in [1.165, 1.54) is 0 Å². The molecule has 0 saturated carbocycles. The van der Waals surface area contributed by atoms with Crippen molar-refractivity contribution in [2.75, 3.05) is 17.2 Å². The minimum Gasteiger partial charge on any atom is -0.478 e. The summed E-state index contributed by atoms with van der Waals surface area (Å²) < 4.78 is 48.6. The number of sulfonamides is 1. The third-order valence-corrected chi connectivity index (χ3v) is 4.17. The van der Waals surface area contributed by atoms with Gasteiger partial charge in [-0.3, -0.25) is 4.79 Å². The first-order chi connectivity index (χ1) is 10.1. The van der Waals surface area contributed by atoms with E-state index in [4.69, 9.17) is 10.2 Å². The Labute approximate surface area is 124 Å². The molecule has 0 aromatic heterocycles. The van der Waals surface area contributed by atoms with Gasteiger partial charge in [0.1, 0.15) is 0 Å². The molecule has 1 atom stereocenters. The Morgan fingerprint density at radius 2 is 1.95 bits per heavy atom. The molecule has 1 amide bonds. The van der Waals surface area contributed by atoms with Crippen LogP contribution in [-0.4, -0.2) is 37.7 Å². The van der Waals surface area contributed by atoms with Crippen LogP contribution in [0.1, 0.15) is 16.8 Å². The number of halogens is 2. The van der Waals surface area contributed by atoms with Crippen molar-refractivity contribution >= 4 is 27.6 Å². The maximum Gasteiger partial charge on any atom is 0.337 e. The van der Waals surface area contributed by atoms with Crippen LogP contribution in [0.15, 0.2) is 12.1 Å². The largest absolute Gasteiger partial charge is 0.478 e. The number of benzene rings is 1. The fourth-order valence-electron chi connectivity index (χ4n) is 2.39. The molecule has 1 heterocycles. The zero-order valence-corrected chi connectivity index (χ0v) is 11.9. The molecule has 0 aliphatic carbocycles. The summed E-state index contributed by atoms with van der Waals surface area (Å²) in [6.45, 7) is -0.138. The van der Waals surface area contributed by atoms with E-state index >= 15 is 0 Å². The van der Waals surface area contributed by atoms with Crippen molar-refractivity contribution in [1.29, 1.82) is 0 Å². The number of hydrogen-bond donors (Lipinski definition) is 2. The maximum atomic E-state index is 13.3. The number of rotatable bonds is 4. The molecular weight excluding hydrogens is 322 g/mol. The molecule has 2 rings (SSSR count). The second-order valence-corrected chi connectivity index (χ2v) is 6.65. The van der Waals surface area contributed by atoms with Crippen molar-refractivity contribution in [3.05, 3.63) is 29.3 Å². The lowest BCUT2D eigenvalue weighted by Gasteiger charge is -2.19. The molecule has 120 valence electrons. The van der Waals surface area contributed by atoms with Gasteiger partial charge in [-0.15, -0.1) is 0 Å². The number of amides is 1. The van der Waals surface area contributed by atoms with E-state index in [0.717, 1.165) is 4.90 Å². The second-order valence-electron chi connectivity index (χ2n) is 4.99. The summed E-state index contributed by atoms with van der Waals surface area (Å²) in [7, 11) is -3.81. The van der Waals surface area contributed by atoms with E-state index in [9.17, 15) is 26.8 Å². The summed E-state index contributed by atoms with van der Waals surface area (Å²) in [4.78, 5) is 24.0. The average Bonchev–Trinajstić information content (AvgIpc) is 2.70. The van der Waals surface area contributed by atoms with Crippen molar-refractivity contribution in [2.24, 2.45) is 11.1 Å². The molecule has 7 nitrogen and oxygen atoms in total. The standard InChI is InChI=1S/C12H12F2N2O5S/c13-8-2-7(12(18)19)10(3-9(8)14)16-4-6(1-11(16)17)5-22(15,20)21/h2-3,6H,1,4-5H2,(H,18,19)(H2,15,20,21). The number of anilines is 1. The molecule has 0 spiro atoms. The summed E-state index contributed by atoms with van der Waals surface area (Å²) in [5, 5.41) is 13.9. The zero-order valence-electron chi connectivity index (χ0n) is 11.1. The SMILES string of the molecule is NS(=O)(=O)CC1CC(=O)N(c2cc(F)c(F)cc2C(=O)O)C1. The highest BCUT2D eigenvalue weighted by molar-refractivity contribution is 7.89. The van der Waals surface area contributed by atoms with Crippen molar-refractivity contribution < 1.29 is 31.9 Å². The van der Waals surface area contributed by atoms with E-state index in [1.54, 1.807) is 0 Å². The summed E-state index contributed by atoms with van der Waals surface area (Å²) in [5.41, 5.74) is -0.892. The number of carboxylic acid groups (broad SMARTS) is 1. The zero-order chi connectivity index (χ0) is 16.7. The average molecular weight is 334 g/mol. The van der Waals surface area contributed by atoms with Gasteiger partial charge >= 0.3 is 5.97 Å². The molecule has 1 aliphatic heterocycles. The van der Waals surface area contributed by atoms with Gasteiger partial charge < -0.3 is 10.0 Å². The predicted molar refractivity (Wildman–Crippen MR) is 71.8 cm³/mol. The van der Waals surface area contributed by atoms with E-state index < -0.39 is 50.8 Å². The third kappa shape index (κ3) is 3.39. The normalized spacial score (nSPS) is 18.8. The fourth-order valence-corrected chi connectivity index (χ4v) is 3.27. The van der Waals surface area contributed by atoms with Gasteiger partial charge in [0.2, 0.25) is 15.9 Å². The van der Waals surface area contributed by atoms with Crippen LogP contribution in [0.5, 0.6) is 0 Å². The molecule has 1 aromatic carbocycles. The van der Waals surface area contributed by atoms with Crippen molar-refractivity contribution in [1.82, 2.24) is 0 Å². The number of nitrogens with two attached hydrogens (primary N) is 1. The summed E-state index contributed by atoms with van der Waals surface area (Å²) in [6, 6.07) is 1.09. The van der Waals surface area contributed by atoms with Crippen LogP contribution in [0.4, 0.5) is 14.5 Å². The Morgan fingerprint density at radius 1 is 1.36 bits per heavy atom. The minimum atomic E-state index is -3.81. The second kappa shape index (κ2) is 5.61. The van der Waals surface area contributed by atoms with E-state index in [-0.39, 0.29) is 18.7 Å². The van der Waals surface area contributed by atoms with Gasteiger partial charge in [0, 0.05) is 24.9 Å². The van der Waals surface area contributed by atoms with Crippen LogP contribution < -0.4 is 10.0 Å². The number of aromatic carboxylic acids is 1. The number of primary sulfonamides is 1. The molecule has 3 N–H and O–H groups in total. The van der Waals surface area contributed by atoms with Crippen LogP contribution in [0.3, 0.4) is 0 Å². The quantitative estimate of drug-likeness (QED) is 0.821. The van der Waals surface area contributed by atoms with E-state index in [2.05, 4.69) is 0 Å². The van der Waals surface area contributed by atoms with Gasteiger partial charge in [-0.05, 0) is 6.07 Å². The Bertz CT molecular complexity index is 750. The lowest BCUT2D eigenvalue weighted by molar-refractivity contribution is -0.117. The van der Waals surface area contributed by atoms with Crippen LogP contribution in [0.2, 0.25) is 0 Å². The van der Waals surface area contributed by atoms with E-state index in [0.29, 0.717) is 12.1 Å². The maximum absolute atomic E-state index is 13.3. The topological polar surface area (TPSA) is 118 Å². The van der Waals surface area contributed by atoms with Gasteiger partial charge in [-0.2, -0.15) is 0 Å². The molecule has 22 heavy (non-hydrogen) atoms. The lowest BCUT2D eigenvalue weighted by atomic mass is 10.1. The third-order valence-electron chi connectivity index (χ3n) is 3.23. The van der Waals surface area contributed by atoms with Gasteiger partial charge in [0.25, 0.3) is 0 Å². The highest BCUT2D eigenvalue weighted by atomic mass is 32.2. The molecule has 1 aromatic rings. The Hall–Kier alpha value is -2.07. The fraction of sp³-hybridized carbons (Fsp3) is 0.333. The molecule has 1 fully saturated rings. The number of carboxylic acids is 1. The molecule has 0 radical (unpaired) electrons. The minimum absolute atomic E-state index is 0.138. The lowest BCUT2D eigenvalue weighted by Crippen LogP contribution is -2.29. The molecule has 1 unspecified atom stereocenters. The summed E-state index contributed by atoms with van der Waals surface area (Å²) in [6.07, 6.45) is -0.172. The van der Waals surface area contributed by atoms with Gasteiger partial charge in [0.15, 0.2) is 11.6 Å². The number of nitrogens with zero attached hydrogens (tertiary/aromatic N) is 1. The monoisotopic (exact) mass is 334 g/mol. The number of carbonyl (C=O) groups is 2. The van der Waals surface area contributed by atoms with Crippen molar-refractivity contribution in [3.63, 3.8) is 0 Å². The van der Waals surface area contributed by atoms with Crippen molar-refractivity contribution in [3.8, 4) is 0 Å². The molecule has 1 saturated heterocycles. The number of hydrogen-bond acceptors (Lipinski definition) is 4. The van der Waals surface area contributed by atoms with Gasteiger partial charge in [-0.1, -0.05) is 0 Å². The van der Waals surface area contributed by atoms with Crippen LogP contribution in [0.25, 0.3) is 0 Å². The number of carbonyl (C=O) groups excluding carboxylic acids is 1. The smallest absolute Gasteiger partial charge is 0.337 e. The van der Waals surface area contributed by atoms with Gasteiger partial charge in [0.05, 0.1) is 17.0 Å². The van der Waals surface area contributed by atoms with Gasteiger partial charge in [-0.25, -0.2) is 27.1 Å². The highest BCUT2D eigenvalue weighted by Crippen LogP contribution is 2.30. The molecule has 10 heteroatoms. The summed E-state index contributed by atoms with van der Waals surface area (Å²) in [5.74, 6) is -5.87. The Kier molecular flexibility index (Phi) is 4.16.